The SMILES string of the molecule is CC(C)(C)OC(=O)NC1CC[C@H]2CC3(CNC(=O)O3)C[C@@H]2C1. The highest BCUT2D eigenvalue weighted by Gasteiger charge is 2.52. The van der Waals surface area contributed by atoms with Crippen LogP contribution in [0.4, 0.5) is 9.59 Å². The van der Waals surface area contributed by atoms with E-state index < -0.39 is 5.60 Å². The first-order valence-electron chi connectivity index (χ1n) is 8.21. The van der Waals surface area contributed by atoms with Crippen molar-refractivity contribution in [2.75, 3.05) is 6.54 Å². The van der Waals surface area contributed by atoms with Crippen molar-refractivity contribution >= 4 is 12.2 Å². The highest BCUT2D eigenvalue weighted by molar-refractivity contribution is 5.70. The summed E-state index contributed by atoms with van der Waals surface area (Å²) in [7, 11) is 0. The summed E-state index contributed by atoms with van der Waals surface area (Å²) < 4.78 is 10.9. The number of carbonyl (C=O) groups is 2. The van der Waals surface area contributed by atoms with E-state index in [0.717, 1.165) is 32.1 Å². The molecule has 3 aliphatic rings. The second-order valence-corrected chi connectivity index (χ2v) is 8.01. The standard InChI is InChI=1S/C16H26N2O4/c1-15(2,3)21-14(20)18-12-5-4-10-7-16(8-11(10)6-12)9-17-13(19)22-16/h10-12H,4-9H2,1-3H3,(H,17,19)(H,18,20)/t10-,11-,12?,16?/m0/s1. The Balaban J connectivity index is 1.54. The lowest BCUT2D eigenvalue weighted by Crippen LogP contribution is -2.42. The summed E-state index contributed by atoms with van der Waals surface area (Å²) in [5.74, 6) is 1.12. The second kappa shape index (κ2) is 5.32. The number of nitrogens with one attached hydrogen (secondary N) is 2. The molecular weight excluding hydrogens is 284 g/mol. The molecule has 6 heteroatoms. The smallest absolute Gasteiger partial charge is 0.407 e. The zero-order valence-corrected chi connectivity index (χ0v) is 13.6. The Kier molecular flexibility index (Phi) is 3.73. The molecule has 2 N–H and O–H groups in total. The molecule has 1 spiro atoms. The maximum Gasteiger partial charge on any atom is 0.407 e. The number of hydrogen-bond acceptors (Lipinski definition) is 4. The van der Waals surface area contributed by atoms with Crippen molar-refractivity contribution < 1.29 is 19.1 Å². The summed E-state index contributed by atoms with van der Waals surface area (Å²) in [4.78, 5) is 23.2. The van der Waals surface area contributed by atoms with Crippen LogP contribution < -0.4 is 10.6 Å². The molecule has 1 saturated heterocycles. The topological polar surface area (TPSA) is 76.7 Å². The van der Waals surface area contributed by atoms with E-state index in [1.807, 2.05) is 20.8 Å². The summed E-state index contributed by atoms with van der Waals surface area (Å²) in [6.45, 7) is 6.23. The lowest BCUT2D eigenvalue weighted by molar-refractivity contribution is 0.0476. The van der Waals surface area contributed by atoms with Gasteiger partial charge in [0.25, 0.3) is 0 Å². The zero-order chi connectivity index (χ0) is 16.0. The van der Waals surface area contributed by atoms with Gasteiger partial charge >= 0.3 is 12.2 Å². The molecule has 1 heterocycles. The van der Waals surface area contributed by atoms with Crippen molar-refractivity contribution in [3.8, 4) is 0 Å². The van der Waals surface area contributed by atoms with E-state index in [2.05, 4.69) is 10.6 Å². The normalized spacial score (nSPS) is 37.4. The van der Waals surface area contributed by atoms with Crippen molar-refractivity contribution in [1.82, 2.24) is 10.6 Å². The van der Waals surface area contributed by atoms with Gasteiger partial charge in [0, 0.05) is 6.04 Å². The molecule has 2 unspecified atom stereocenters. The molecule has 0 aromatic heterocycles. The van der Waals surface area contributed by atoms with Crippen molar-refractivity contribution in [1.29, 1.82) is 0 Å². The quantitative estimate of drug-likeness (QED) is 0.780. The molecule has 0 aromatic rings. The van der Waals surface area contributed by atoms with E-state index in [0.29, 0.717) is 18.4 Å². The molecule has 124 valence electrons. The first-order valence-corrected chi connectivity index (χ1v) is 8.21. The van der Waals surface area contributed by atoms with Gasteiger partial charge in [-0.25, -0.2) is 9.59 Å². The Morgan fingerprint density at radius 1 is 1.32 bits per heavy atom. The Bertz CT molecular complexity index is 473. The van der Waals surface area contributed by atoms with Gasteiger partial charge in [-0.2, -0.15) is 0 Å². The minimum Gasteiger partial charge on any atom is -0.444 e. The second-order valence-electron chi connectivity index (χ2n) is 8.01. The van der Waals surface area contributed by atoms with Gasteiger partial charge in [0.15, 0.2) is 0 Å². The molecule has 0 bridgehead atoms. The third-order valence-electron chi connectivity index (χ3n) is 4.99. The number of carbonyl (C=O) groups excluding carboxylic acids is 2. The number of hydrogen-bond donors (Lipinski definition) is 2. The van der Waals surface area contributed by atoms with Crippen LogP contribution in [0.25, 0.3) is 0 Å². The van der Waals surface area contributed by atoms with E-state index in [-0.39, 0.29) is 23.8 Å². The number of alkyl carbamates (subject to hydrolysis) is 2. The highest BCUT2D eigenvalue weighted by Crippen LogP contribution is 2.49. The molecular formula is C16H26N2O4. The minimum absolute atomic E-state index is 0.163. The summed E-state index contributed by atoms with van der Waals surface area (Å²) in [6, 6.07) is 0.163. The van der Waals surface area contributed by atoms with Gasteiger partial charge in [0.05, 0.1) is 6.54 Å². The van der Waals surface area contributed by atoms with Crippen LogP contribution in [0.1, 0.15) is 52.9 Å². The van der Waals surface area contributed by atoms with E-state index >= 15 is 0 Å². The number of fused-ring (bicyclic) bond motifs is 1. The van der Waals surface area contributed by atoms with Crippen LogP contribution in [0.15, 0.2) is 0 Å². The molecule has 0 aromatic carbocycles. The largest absolute Gasteiger partial charge is 0.444 e. The molecule has 4 atom stereocenters. The predicted octanol–water partition coefficient (Wildman–Crippen LogP) is 2.57. The van der Waals surface area contributed by atoms with Gasteiger partial charge < -0.3 is 20.1 Å². The fourth-order valence-electron chi connectivity index (χ4n) is 4.22. The van der Waals surface area contributed by atoms with E-state index in [1.54, 1.807) is 0 Å². The summed E-state index contributed by atoms with van der Waals surface area (Å²) in [5, 5.41) is 5.77. The van der Waals surface area contributed by atoms with Crippen LogP contribution in [0, 0.1) is 11.8 Å². The first kappa shape index (κ1) is 15.4. The summed E-state index contributed by atoms with van der Waals surface area (Å²) >= 11 is 0. The first-order chi connectivity index (χ1) is 10.2. The molecule has 0 radical (unpaired) electrons. The highest BCUT2D eigenvalue weighted by atomic mass is 16.6. The molecule has 6 nitrogen and oxygen atoms in total. The van der Waals surface area contributed by atoms with Gasteiger partial charge in [-0.1, -0.05) is 0 Å². The fourth-order valence-corrected chi connectivity index (χ4v) is 4.22. The lowest BCUT2D eigenvalue weighted by atomic mass is 9.79. The lowest BCUT2D eigenvalue weighted by Gasteiger charge is -2.32. The van der Waals surface area contributed by atoms with Gasteiger partial charge in [-0.3, -0.25) is 0 Å². The van der Waals surface area contributed by atoms with Crippen molar-refractivity contribution in [3.05, 3.63) is 0 Å². The van der Waals surface area contributed by atoms with E-state index in [1.165, 1.54) is 0 Å². The fraction of sp³-hybridized carbons (Fsp3) is 0.875. The summed E-state index contributed by atoms with van der Waals surface area (Å²) in [6.07, 6.45) is 4.23. The molecule has 2 amide bonds. The van der Waals surface area contributed by atoms with Crippen LogP contribution in [-0.4, -0.2) is 36.0 Å². The van der Waals surface area contributed by atoms with Crippen LogP contribution in [0.5, 0.6) is 0 Å². The van der Waals surface area contributed by atoms with Gasteiger partial charge in [0.1, 0.15) is 11.2 Å². The van der Waals surface area contributed by atoms with Crippen LogP contribution in [-0.2, 0) is 9.47 Å². The van der Waals surface area contributed by atoms with Gasteiger partial charge in [-0.05, 0) is 64.7 Å². The van der Waals surface area contributed by atoms with Gasteiger partial charge in [0.2, 0.25) is 0 Å². The monoisotopic (exact) mass is 310 g/mol. The molecule has 22 heavy (non-hydrogen) atoms. The third kappa shape index (κ3) is 3.31. The number of rotatable bonds is 1. The Hall–Kier alpha value is -1.46. The van der Waals surface area contributed by atoms with Crippen molar-refractivity contribution in [3.63, 3.8) is 0 Å². The van der Waals surface area contributed by atoms with Crippen LogP contribution >= 0.6 is 0 Å². The van der Waals surface area contributed by atoms with E-state index in [9.17, 15) is 9.59 Å². The van der Waals surface area contributed by atoms with Crippen molar-refractivity contribution in [2.24, 2.45) is 11.8 Å². The van der Waals surface area contributed by atoms with Crippen LogP contribution in [0.2, 0.25) is 0 Å². The Morgan fingerprint density at radius 2 is 2.05 bits per heavy atom. The average molecular weight is 310 g/mol. The molecule has 2 saturated carbocycles. The predicted molar refractivity (Wildman–Crippen MR) is 80.4 cm³/mol. The zero-order valence-electron chi connectivity index (χ0n) is 13.6. The Morgan fingerprint density at radius 3 is 2.68 bits per heavy atom. The molecule has 3 fully saturated rings. The van der Waals surface area contributed by atoms with Crippen molar-refractivity contribution in [2.45, 2.75) is 70.1 Å². The van der Waals surface area contributed by atoms with Crippen LogP contribution in [0.3, 0.4) is 0 Å². The number of ether oxygens (including phenoxy) is 2. The maximum atomic E-state index is 11.9. The van der Waals surface area contributed by atoms with E-state index in [4.69, 9.17) is 9.47 Å². The minimum atomic E-state index is -0.470. The maximum absolute atomic E-state index is 11.9. The molecule has 3 rings (SSSR count). The summed E-state index contributed by atoms with van der Waals surface area (Å²) in [5.41, 5.74) is -0.768. The molecule has 1 aliphatic heterocycles. The average Bonchev–Trinajstić information content (AvgIpc) is 2.89. The number of amides is 2. The van der Waals surface area contributed by atoms with Gasteiger partial charge in [-0.15, -0.1) is 0 Å². The third-order valence-corrected chi connectivity index (χ3v) is 4.99. The Labute approximate surface area is 131 Å². The molecule has 2 aliphatic carbocycles.